The molecule has 0 saturated heterocycles. The van der Waals surface area contributed by atoms with Crippen LogP contribution in [0.2, 0.25) is 0 Å². The lowest BCUT2D eigenvalue weighted by Gasteiger charge is -1.97. The zero-order chi connectivity index (χ0) is 12.1. The largest absolute Gasteiger partial charge is 0.363 e. The van der Waals surface area contributed by atoms with Gasteiger partial charge in [-0.05, 0) is 6.07 Å². The van der Waals surface area contributed by atoms with Gasteiger partial charge in [0.05, 0.1) is 12.4 Å². The van der Waals surface area contributed by atoms with Gasteiger partial charge in [0.2, 0.25) is 0 Å². The maximum Gasteiger partial charge on any atom is 0.363 e. The third kappa shape index (κ3) is 2.94. The van der Waals surface area contributed by atoms with E-state index in [2.05, 4.69) is 25.7 Å². The van der Waals surface area contributed by atoms with Crippen LogP contribution in [0.3, 0.4) is 0 Å². The average molecular weight is 233 g/mol. The van der Waals surface area contributed by atoms with E-state index in [1.54, 1.807) is 18.2 Å². The van der Waals surface area contributed by atoms with E-state index < -0.39 is 5.69 Å². The summed E-state index contributed by atoms with van der Waals surface area (Å²) >= 11 is 0. The fraction of sp³-hybridized carbons (Fsp3) is 0. The number of hydrogen-bond donors (Lipinski definition) is 2. The Bertz CT molecular complexity index is 595. The molecule has 0 aliphatic heterocycles. The van der Waals surface area contributed by atoms with Crippen LogP contribution in [-0.2, 0) is 0 Å². The van der Waals surface area contributed by atoms with Gasteiger partial charge in [0, 0.05) is 5.56 Å². The molecule has 7 heteroatoms. The zero-order valence-electron chi connectivity index (χ0n) is 8.59. The molecule has 86 valence electrons. The summed E-state index contributed by atoms with van der Waals surface area (Å²) in [5.74, 6) is -0.198. The lowest BCUT2D eigenvalue weighted by Crippen LogP contribution is -2.13. The van der Waals surface area contributed by atoms with Crippen LogP contribution in [0.25, 0.3) is 0 Å². The van der Waals surface area contributed by atoms with Crippen molar-refractivity contribution in [2.45, 2.75) is 0 Å². The van der Waals surface area contributed by atoms with Gasteiger partial charge in [-0.2, -0.15) is 15.2 Å². The summed E-state index contributed by atoms with van der Waals surface area (Å²) in [6.07, 6.45) is 2.58. The minimum atomic E-state index is -0.587. The van der Waals surface area contributed by atoms with E-state index in [-0.39, 0.29) is 11.6 Å². The molecule has 0 fully saturated rings. The number of aromatic amines is 1. The predicted octanol–water partition coefficient (Wildman–Crippen LogP) is 0.750. The molecule has 0 radical (unpaired) electrons. The van der Waals surface area contributed by atoms with Crippen LogP contribution in [0.5, 0.6) is 0 Å². The van der Waals surface area contributed by atoms with Crippen LogP contribution >= 0.6 is 0 Å². The first-order valence-corrected chi connectivity index (χ1v) is 4.71. The fourth-order valence-corrected chi connectivity index (χ4v) is 1.11. The lowest BCUT2D eigenvalue weighted by molar-refractivity contribution is 0.626. The molecule has 0 aliphatic rings. The van der Waals surface area contributed by atoms with Crippen molar-refractivity contribution in [2.24, 2.45) is 5.10 Å². The molecule has 0 atom stereocenters. The second-order valence-corrected chi connectivity index (χ2v) is 3.06. The highest BCUT2D eigenvalue weighted by molar-refractivity contribution is 5.80. The molecule has 2 rings (SSSR count). The number of rotatable bonds is 3. The van der Waals surface area contributed by atoms with E-state index in [0.717, 1.165) is 0 Å². The van der Waals surface area contributed by atoms with Crippen LogP contribution in [0.15, 0.2) is 40.4 Å². The minimum absolute atomic E-state index is 0.182. The molecule has 0 amide bonds. The minimum Gasteiger partial charge on any atom is -0.260 e. The quantitative estimate of drug-likeness (QED) is 0.605. The van der Waals surface area contributed by atoms with Gasteiger partial charge in [0.15, 0.2) is 5.82 Å². The summed E-state index contributed by atoms with van der Waals surface area (Å²) in [7, 11) is 0. The second kappa shape index (κ2) is 4.97. The third-order valence-corrected chi connectivity index (χ3v) is 1.86. The summed E-state index contributed by atoms with van der Waals surface area (Å²) < 4.78 is 13.2. The lowest BCUT2D eigenvalue weighted by atomic mass is 10.2. The first kappa shape index (κ1) is 10.9. The van der Waals surface area contributed by atoms with E-state index in [0.29, 0.717) is 5.56 Å². The fourth-order valence-electron chi connectivity index (χ4n) is 1.11. The molecule has 1 aromatic heterocycles. The normalized spacial score (nSPS) is 10.6. The summed E-state index contributed by atoms with van der Waals surface area (Å²) in [6, 6.07) is 6.18. The number of H-pyrrole nitrogens is 1. The number of hydrazone groups is 1. The molecule has 2 aromatic rings. The summed E-state index contributed by atoms with van der Waals surface area (Å²) in [5.41, 5.74) is 2.21. The molecule has 17 heavy (non-hydrogen) atoms. The molecule has 0 saturated carbocycles. The monoisotopic (exact) mass is 233 g/mol. The van der Waals surface area contributed by atoms with Crippen molar-refractivity contribution < 1.29 is 4.39 Å². The van der Waals surface area contributed by atoms with Crippen LogP contribution in [-0.4, -0.2) is 21.4 Å². The van der Waals surface area contributed by atoms with E-state index in [1.165, 1.54) is 18.5 Å². The molecule has 1 heterocycles. The van der Waals surface area contributed by atoms with Gasteiger partial charge >= 0.3 is 5.69 Å². The van der Waals surface area contributed by atoms with Crippen molar-refractivity contribution in [2.75, 3.05) is 5.43 Å². The first-order chi connectivity index (χ1) is 8.25. The summed E-state index contributed by atoms with van der Waals surface area (Å²) in [6.45, 7) is 0. The van der Waals surface area contributed by atoms with Gasteiger partial charge in [0.25, 0.3) is 0 Å². The number of benzene rings is 1. The number of nitrogens with zero attached hydrogens (tertiary/aromatic N) is 3. The highest BCUT2D eigenvalue weighted by Crippen LogP contribution is 2.03. The standard InChI is InChI=1S/C10H8FN5O/c11-8-4-2-1-3-7(8)5-12-15-9-6-13-16-10(17)14-9/h1-6H,(H2,14,15,16,17)/b12-5+. The molecule has 6 nitrogen and oxygen atoms in total. The number of aromatic nitrogens is 3. The molecule has 1 aromatic carbocycles. The summed E-state index contributed by atoms with van der Waals surface area (Å²) in [4.78, 5) is 14.3. The van der Waals surface area contributed by atoms with Gasteiger partial charge in [-0.1, -0.05) is 18.2 Å². The molecule has 0 unspecified atom stereocenters. The third-order valence-electron chi connectivity index (χ3n) is 1.86. The molecular weight excluding hydrogens is 225 g/mol. The Morgan fingerprint density at radius 2 is 2.24 bits per heavy atom. The highest BCUT2D eigenvalue weighted by atomic mass is 19.1. The Morgan fingerprint density at radius 3 is 3.00 bits per heavy atom. The number of halogens is 1. The van der Waals surface area contributed by atoms with Crippen molar-refractivity contribution in [1.29, 1.82) is 0 Å². The highest BCUT2D eigenvalue weighted by Gasteiger charge is 1.96. The Balaban J connectivity index is 2.08. The predicted molar refractivity (Wildman–Crippen MR) is 60.3 cm³/mol. The zero-order valence-corrected chi connectivity index (χ0v) is 8.59. The van der Waals surface area contributed by atoms with Gasteiger partial charge in [-0.3, -0.25) is 5.43 Å². The molecular formula is C10H8FN5O. The van der Waals surface area contributed by atoms with Crippen LogP contribution in [0, 0.1) is 5.82 Å². The number of hydrogen-bond acceptors (Lipinski definition) is 5. The van der Waals surface area contributed by atoms with Gasteiger partial charge < -0.3 is 0 Å². The van der Waals surface area contributed by atoms with Gasteiger partial charge in [0.1, 0.15) is 5.82 Å². The molecule has 2 N–H and O–H groups in total. The van der Waals surface area contributed by atoms with Crippen LogP contribution in [0.4, 0.5) is 10.2 Å². The first-order valence-electron chi connectivity index (χ1n) is 4.71. The maximum absolute atomic E-state index is 13.2. The Morgan fingerprint density at radius 1 is 1.41 bits per heavy atom. The maximum atomic E-state index is 13.2. The van der Waals surface area contributed by atoms with Crippen LogP contribution < -0.4 is 11.1 Å². The molecule has 0 aliphatic carbocycles. The SMILES string of the molecule is O=c1nc(N/N=C/c2ccccc2F)cn[nH]1. The van der Waals surface area contributed by atoms with Crippen molar-refractivity contribution in [3.63, 3.8) is 0 Å². The summed E-state index contributed by atoms with van der Waals surface area (Å²) in [5, 5.41) is 9.38. The van der Waals surface area contributed by atoms with Crippen molar-refractivity contribution in [1.82, 2.24) is 15.2 Å². The average Bonchev–Trinajstić information content (AvgIpc) is 2.32. The van der Waals surface area contributed by atoms with Crippen molar-refractivity contribution >= 4 is 12.0 Å². The van der Waals surface area contributed by atoms with E-state index in [9.17, 15) is 9.18 Å². The molecule has 0 spiro atoms. The van der Waals surface area contributed by atoms with E-state index >= 15 is 0 Å². The van der Waals surface area contributed by atoms with Crippen molar-refractivity contribution in [3.8, 4) is 0 Å². The Kier molecular flexibility index (Phi) is 3.20. The number of anilines is 1. The van der Waals surface area contributed by atoms with E-state index in [1.807, 2.05) is 0 Å². The van der Waals surface area contributed by atoms with Crippen LogP contribution in [0.1, 0.15) is 5.56 Å². The smallest absolute Gasteiger partial charge is 0.260 e. The van der Waals surface area contributed by atoms with Crippen molar-refractivity contribution in [3.05, 3.63) is 52.3 Å². The number of nitrogens with one attached hydrogen (secondary N) is 2. The second-order valence-electron chi connectivity index (χ2n) is 3.06. The molecule has 0 bridgehead atoms. The van der Waals surface area contributed by atoms with Gasteiger partial charge in [-0.15, -0.1) is 0 Å². The Labute approximate surface area is 95.2 Å². The topological polar surface area (TPSA) is 83.0 Å². The van der Waals surface area contributed by atoms with Gasteiger partial charge in [-0.25, -0.2) is 14.3 Å². The van der Waals surface area contributed by atoms with E-state index in [4.69, 9.17) is 0 Å². The Hall–Kier alpha value is -2.57.